The second kappa shape index (κ2) is 7.84. The molecule has 0 aromatic rings. The second-order valence-corrected chi connectivity index (χ2v) is 3.45. The number of Topliss-reactive ketones (excluding diaryl/α,β-unsaturated/α-hetero) is 1. The van der Waals surface area contributed by atoms with Crippen molar-refractivity contribution in [2.45, 2.75) is 39.5 Å². The number of carbonyl (C=O) groups is 3. The normalized spacial score (nSPS) is 11.9. The van der Waals surface area contributed by atoms with Crippen molar-refractivity contribution in [1.82, 2.24) is 0 Å². The van der Waals surface area contributed by atoms with Crippen LogP contribution in [0.15, 0.2) is 0 Å². The summed E-state index contributed by atoms with van der Waals surface area (Å²) in [5.74, 6) is -2.72. The minimum Gasteiger partial charge on any atom is -0.481 e. The fourth-order valence-corrected chi connectivity index (χ4v) is 1.35. The molecule has 0 rings (SSSR count). The molecule has 1 unspecified atom stereocenters. The van der Waals surface area contributed by atoms with Crippen molar-refractivity contribution in [1.29, 1.82) is 0 Å². The summed E-state index contributed by atoms with van der Waals surface area (Å²) >= 11 is 0. The fourth-order valence-electron chi connectivity index (χ4n) is 1.35. The van der Waals surface area contributed by atoms with Crippen LogP contribution in [-0.4, -0.2) is 29.4 Å². The van der Waals surface area contributed by atoms with Gasteiger partial charge in [-0.15, -0.1) is 0 Å². The van der Waals surface area contributed by atoms with Gasteiger partial charge >= 0.3 is 11.9 Å². The Hall–Kier alpha value is -1.39. The molecule has 0 saturated carbocycles. The minimum absolute atomic E-state index is 0.112. The Morgan fingerprint density at radius 3 is 2.25 bits per heavy atom. The van der Waals surface area contributed by atoms with Crippen molar-refractivity contribution < 1.29 is 24.2 Å². The Morgan fingerprint density at radius 2 is 1.81 bits per heavy atom. The Labute approximate surface area is 94.8 Å². The van der Waals surface area contributed by atoms with Crippen molar-refractivity contribution in [3.8, 4) is 0 Å². The molecular weight excluding hydrogens is 212 g/mol. The lowest BCUT2D eigenvalue weighted by molar-refractivity contribution is -0.152. The predicted molar refractivity (Wildman–Crippen MR) is 56.9 cm³/mol. The summed E-state index contributed by atoms with van der Waals surface area (Å²) in [5, 5.41) is 8.45. The maximum atomic E-state index is 11.6. The Balaban J connectivity index is 4.33. The fraction of sp³-hybridized carbons (Fsp3) is 0.727. The van der Waals surface area contributed by atoms with E-state index in [0.29, 0.717) is 12.8 Å². The van der Waals surface area contributed by atoms with Crippen LogP contribution in [-0.2, 0) is 19.1 Å². The Kier molecular flexibility index (Phi) is 7.16. The Bertz CT molecular complexity index is 259. The second-order valence-electron chi connectivity index (χ2n) is 3.45. The molecule has 0 radical (unpaired) electrons. The summed E-state index contributed by atoms with van der Waals surface area (Å²) in [6.07, 6.45) is 0.747. The molecule has 5 heteroatoms. The predicted octanol–water partition coefficient (Wildman–Crippen LogP) is 1.40. The topological polar surface area (TPSA) is 80.7 Å². The summed E-state index contributed by atoms with van der Waals surface area (Å²) < 4.78 is 4.78. The quantitative estimate of drug-likeness (QED) is 0.503. The van der Waals surface area contributed by atoms with Gasteiger partial charge < -0.3 is 9.84 Å². The Morgan fingerprint density at radius 1 is 1.19 bits per heavy atom. The van der Waals surface area contributed by atoms with Gasteiger partial charge in [0.2, 0.25) is 0 Å². The first kappa shape index (κ1) is 14.6. The van der Waals surface area contributed by atoms with Crippen LogP contribution in [0.2, 0.25) is 0 Å². The molecule has 0 heterocycles. The van der Waals surface area contributed by atoms with Gasteiger partial charge in [-0.05, 0) is 13.3 Å². The van der Waals surface area contributed by atoms with Crippen molar-refractivity contribution in [2.24, 2.45) is 5.92 Å². The number of ketones is 1. The molecule has 5 nitrogen and oxygen atoms in total. The number of carboxylic acids is 1. The number of hydrogen-bond donors (Lipinski definition) is 1. The SMILES string of the molecule is CCCC(C(=O)CCC(=O)O)C(=O)OCC. The van der Waals surface area contributed by atoms with Crippen LogP contribution in [0.1, 0.15) is 39.5 Å². The van der Waals surface area contributed by atoms with Crippen molar-refractivity contribution in [2.75, 3.05) is 6.61 Å². The average molecular weight is 230 g/mol. The van der Waals surface area contributed by atoms with Gasteiger partial charge in [-0.3, -0.25) is 14.4 Å². The van der Waals surface area contributed by atoms with E-state index in [1.807, 2.05) is 6.92 Å². The first-order chi connectivity index (χ1) is 7.52. The average Bonchev–Trinajstić information content (AvgIpc) is 2.22. The van der Waals surface area contributed by atoms with E-state index < -0.39 is 17.9 Å². The number of esters is 1. The number of aliphatic carboxylic acids is 1. The van der Waals surface area contributed by atoms with Crippen LogP contribution in [0.4, 0.5) is 0 Å². The minimum atomic E-state index is -1.03. The molecule has 0 aliphatic heterocycles. The third-order valence-electron chi connectivity index (χ3n) is 2.12. The van der Waals surface area contributed by atoms with Crippen LogP contribution in [0.5, 0.6) is 0 Å². The maximum absolute atomic E-state index is 11.6. The van der Waals surface area contributed by atoms with Crippen LogP contribution < -0.4 is 0 Å². The highest BCUT2D eigenvalue weighted by atomic mass is 16.5. The van der Waals surface area contributed by atoms with Crippen LogP contribution >= 0.6 is 0 Å². The molecule has 0 aliphatic rings. The van der Waals surface area contributed by atoms with E-state index in [0.717, 1.165) is 0 Å². The monoisotopic (exact) mass is 230 g/mol. The molecule has 1 N–H and O–H groups in total. The lowest BCUT2D eigenvalue weighted by atomic mass is 9.95. The van der Waals surface area contributed by atoms with E-state index in [1.54, 1.807) is 6.92 Å². The highest BCUT2D eigenvalue weighted by molar-refractivity contribution is 5.99. The highest BCUT2D eigenvalue weighted by Crippen LogP contribution is 2.13. The molecule has 0 saturated heterocycles. The third kappa shape index (κ3) is 5.48. The van der Waals surface area contributed by atoms with Crippen LogP contribution in [0.25, 0.3) is 0 Å². The van der Waals surface area contributed by atoms with E-state index in [4.69, 9.17) is 9.84 Å². The van der Waals surface area contributed by atoms with Gasteiger partial charge in [0.1, 0.15) is 11.7 Å². The van der Waals surface area contributed by atoms with Gasteiger partial charge in [-0.2, -0.15) is 0 Å². The van der Waals surface area contributed by atoms with E-state index in [2.05, 4.69) is 0 Å². The van der Waals surface area contributed by atoms with Gasteiger partial charge in [0, 0.05) is 6.42 Å². The summed E-state index contributed by atoms with van der Waals surface area (Å²) in [6, 6.07) is 0. The standard InChI is InChI=1S/C11H18O5/c1-3-5-8(11(15)16-4-2)9(12)6-7-10(13)14/h8H,3-7H2,1-2H3,(H,13,14). The lowest BCUT2D eigenvalue weighted by Gasteiger charge is -2.12. The molecule has 0 bridgehead atoms. The van der Waals surface area contributed by atoms with E-state index in [-0.39, 0.29) is 25.2 Å². The number of carbonyl (C=O) groups excluding carboxylic acids is 2. The third-order valence-corrected chi connectivity index (χ3v) is 2.12. The van der Waals surface area contributed by atoms with Gasteiger partial charge in [0.15, 0.2) is 0 Å². The first-order valence-corrected chi connectivity index (χ1v) is 5.44. The zero-order valence-electron chi connectivity index (χ0n) is 9.69. The van der Waals surface area contributed by atoms with Crippen LogP contribution in [0, 0.1) is 5.92 Å². The van der Waals surface area contributed by atoms with Crippen molar-refractivity contribution >= 4 is 17.7 Å². The molecule has 0 spiro atoms. The van der Waals surface area contributed by atoms with Gasteiger partial charge in [0.05, 0.1) is 13.0 Å². The number of carboxylic acid groups (broad SMARTS) is 1. The summed E-state index contributed by atoms with van der Waals surface area (Å²) in [6.45, 7) is 3.75. The zero-order chi connectivity index (χ0) is 12.6. The molecule has 0 aromatic heterocycles. The van der Waals surface area contributed by atoms with E-state index in [1.165, 1.54) is 0 Å². The van der Waals surface area contributed by atoms with Crippen molar-refractivity contribution in [3.05, 3.63) is 0 Å². The first-order valence-electron chi connectivity index (χ1n) is 5.44. The zero-order valence-corrected chi connectivity index (χ0v) is 9.69. The molecular formula is C11H18O5. The van der Waals surface area contributed by atoms with E-state index >= 15 is 0 Å². The van der Waals surface area contributed by atoms with Crippen LogP contribution in [0.3, 0.4) is 0 Å². The maximum Gasteiger partial charge on any atom is 0.316 e. The summed E-state index contributed by atoms with van der Waals surface area (Å²) in [4.78, 5) is 33.3. The molecule has 0 aliphatic carbocycles. The molecule has 92 valence electrons. The van der Waals surface area contributed by atoms with Gasteiger partial charge in [-0.1, -0.05) is 13.3 Å². The molecule has 0 fully saturated rings. The summed E-state index contributed by atoms with van der Waals surface area (Å²) in [7, 11) is 0. The number of rotatable bonds is 8. The highest BCUT2D eigenvalue weighted by Gasteiger charge is 2.26. The van der Waals surface area contributed by atoms with E-state index in [9.17, 15) is 14.4 Å². The van der Waals surface area contributed by atoms with Crippen molar-refractivity contribution in [3.63, 3.8) is 0 Å². The molecule has 1 atom stereocenters. The number of ether oxygens (including phenoxy) is 1. The summed E-state index contributed by atoms with van der Waals surface area (Å²) in [5.41, 5.74) is 0. The lowest BCUT2D eigenvalue weighted by Crippen LogP contribution is -2.26. The van der Waals surface area contributed by atoms with Gasteiger partial charge in [-0.25, -0.2) is 0 Å². The molecule has 0 amide bonds. The largest absolute Gasteiger partial charge is 0.481 e. The molecule has 0 aromatic carbocycles. The number of hydrogen-bond acceptors (Lipinski definition) is 4. The molecule has 16 heavy (non-hydrogen) atoms. The van der Waals surface area contributed by atoms with Gasteiger partial charge in [0.25, 0.3) is 0 Å². The smallest absolute Gasteiger partial charge is 0.316 e.